The third kappa shape index (κ3) is 1.58. The summed E-state index contributed by atoms with van der Waals surface area (Å²) in [5.41, 5.74) is 7.17. The Balaban J connectivity index is 2.87. The lowest BCUT2D eigenvalue weighted by Crippen LogP contribution is -2.03. The standard InChI is InChI=1S/C10H13N5O/c1-5-4-6-7(9(13-5)16-3)8(12-2)15-10(11)14-6/h4H,1-3H3,(H3,11,12,14,15). The molecule has 16 heavy (non-hydrogen) atoms. The minimum atomic E-state index is 0.226. The van der Waals surface area contributed by atoms with Crippen LogP contribution in [0.25, 0.3) is 10.9 Å². The minimum Gasteiger partial charge on any atom is -0.480 e. The third-order valence-corrected chi connectivity index (χ3v) is 2.22. The van der Waals surface area contributed by atoms with E-state index < -0.39 is 0 Å². The van der Waals surface area contributed by atoms with Gasteiger partial charge in [0.1, 0.15) is 11.2 Å². The molecule has 6 heteroatoms. The van der Waals surface area contributed by atoms with E-state index in [0.29, 0.717) is 11.7 Å². The molecule has 3 N–H and O–H groups in total. The summed E-state index contributed by atoms with van der Waals surface area (Å²) in [6.07, 6.45) is 0. The molecule has 0 saturated carbocycles. The van der Waals surface area contributed by atoms with Crippen LogP contribution in [0.15, 0.2) is 6.07 Å². The van der Waals surface area contributed by atoms with Crippen LogP contribution < -0.4 is 15.8 Å². The zero-order chi connectivity index (χ0) is 11.7. The summed E-state index contributed by atoms with van der Waals surface area (Å²) in [7, 11) is 3.33. The van der Waals surface area contributed by atoms with E-state index in [1.165, 1.54) is 0 Å². The molecule has 2 aromatic rings. The lowest BCUT2D eigenvalue weighted by Gasteiger charge is -2.09. The fraction of sp³-hybridized carbons (Fsp3) is 0.300. The van der Waals surface area contributed by atoms with Gasteiger partial charge in [-0.3, -0.25) is 0 Å². The number of nitrogens with one attached hydrogen (secondary N) is 1. The van der Waals surface area contributed by atoms with E-state index in [9.17, 15) is 0 Å². The average Bonchev–Trinajstić information content (AvgIpc) is 2.26. The molecule has 2 aromatic heterocycles. The van der Waals surface area contributed by atoms with Crippen molar-refractivity contribution in [1.29, 1.82) is 0 Å². The van der Waals surface area contributed by atoms with Gasteiger partial charge in [-0.15, -0.1) is 0 Å². The Hall–Kier alpha value is -2.11. The van der Waals surface area contributed by atoms with Crippen LogP contribution >= 0.6 is 0 Å². The molecule has 0 spiro atoms. The highest BCUT2D eigenvalue weighted by Gasteiger charge is 2.12. The van der Waals surface area contributed by atoms with Gasteiger partial charge in [0.15, 0.2) is 0 Å². The van der Waals surface area contributed by atoms with Gasteiger partial charge < -0.3 is 15.8 Å². The van der Waals surface area contributed by atoms with E-state index in [4.69, 9.17) is 10.5 Å². The van der Waals surface area contributed by atoms with Gasteiger partial charge >= 0.3 is 0 Å². The van der Waals surface area contributed by atoms with Gasteiger partial charge in [-0.1, -0.05) is 0 Å². The fourth-order valence-electron chi connectivity index (χ4n) is 1.59. The molecule has 0 aliphatic rings. The van der Waals surface area contributed by atoms with Gasteiger partial charge in [0, 0.05) is 12.7 Å². The number of ether oxygens (including phenoxy) is 1. The van der Waals surface area contributed by atoms with Crippen molar-refractivity contribution >= 4 is 22.7 Å². The molecule has 84 valence electrons. The fourth-order valence-corrected chi connectivity index (χ4v) is 1.59. The quantitative estimate of drug-likeness (QED) is 0.782. The van der Waals surface area contributed by atoms with Crippen molar-refractivity contribution in [1.82, 2.24) is 15.0 Å². The van der Waals surface area contributed by atoms with Crippen LogP contribution in [-0.2, 0) is 0 Å². The zero-order valence-electron chi connectivity index (χ0n) is 9.40. The number of aryl methyl sites for hydroxylation is 1. The molecule has 2 heterocycles. The van der Waals surface area contributed by atoms with Crippen molar-refractivity contribution < 1.29 is 4.74 Å². The second-order valence-corrected chi connectivity index (χ2v) is 3.35. The first-order valence-electron chi connectivity index (χ1n) is 4.82. The van der Waals surface area contributed by atoms with E-state index in [1.54, 1.807) is 14.2 Å². The van der Waals surface area contributed by atoms with Gasteiger partial charge in [-0.25, -0.2) is 9.97 Å². The van der Waals surface area contributed by atoms with Crippen molar-refractivity contribution in [3.63, 3.8) is 0 Å². The first-order valence-corrected chi connectivity index (χ1v) is 4.82. The normalized spacial score (nSPS) is 10.4. The maximum atomic E-state index is 5.62. The van der Waals surface area contributed by atoms with E-state index in [0.717, 1.165) is 16.6 Å². The number of anilines is 2. The van der Waals surface area contributed by atoms with Crippen LogP contribution in [0.3, 0.4) is 0 Å². The van der Waals surface area contributed by atoms with Crippen molar-refractivity contribution in [2.75, 3.05) is 25.2 Å². The molecule has 0 saturated heterocycles. The summed E-state index contributed by atoms with van der Waals surface area (Å²) in [6, 6.07) is 1.84. The molecule has 0 aliphatic carbocycles. The molecule has 0 amide bonds. The van der Waals surface area contributed by atoms with E-state index in [-0.39, 0.29) is 5.95 Å². The molecular formula is C10H13N5O. The number of nitrogens with zero attached hydrogens (tertiary/aromatic N) is 3. The number of hydrogen-bond donors (Lipinski definition) is 2. The Labute approximate surface area is 92.9 Å². The molecule has 0 aromatic carbocycles. The zero-order valence-corrected chi connectivity index (χ0v) is 9.40. The highest BCUT2D eigenvalue weighted by molar-refractivity contribution is 5.94. The number of nitrogen functional groups attached to an aromatic ring is 1. The Morgan fingerprint density at radius 2 is 2.06 bits per heavy atom. The molecule has 0 atom stereocenters. The summed E-state index contributed by atoms with van der Waals surface area (Å²) < 4.78 is 5.22. The third-order valence-electron chi connectivity index (χ3n) is 2.22. The number of rotatable bonds is 2. The molecule has 0 aliphatic heterocycles. The van der Waals surface area contributed by atoms with Crippen LogP contribution in [0.1, 0.15) is 5.69 Å². The monoisotopic (exact) mass is 219 g/mol. The smallest absolute Gasteiger partial charge is 0.226 e. The molecule has 0 fully saturated rings. The predicted molar refractivity (Wildman–Crippen MR) is 62.6 cm³/mol. The average molecular weight is 219 g/mol. The van der Waals surface area contributed by atoms with Gasteiger partial charge in [0.25, 0.3) is 0 Å². The van der Waals surface area contributed by atoms with E-state index in [1.807, 2.05) is 13.0 Å². The first kappa shape index (κ1) is 10.4. The topological polar surface area (TPSA) is 86.0 Å². The van der Waals surface area contributed by atoms with Crippen molar-refractivity contribution in [3.05, 3.63) is 11.8 Å². The van der Waals surface area contributed by atoms with Gasteiger partial charge in [0.2, 0.25) is 11.8 Å². The number of aromatic nitrogens is 3. The van der Waals surface area contributed by atoms with Crippen molar-refractivity contribution in [2.45, 2.75) is 6.92 Å². The summed E-state index contributed by atoms with van der Waals surface area (Å²) in [4.78, 5) is 12.5. The van der Waals surface area contributed by atoms with Gasteiger partial charge in [0.05, 0.1) is 12.6 Å². The first-order chi connectivity index (χ1) is 7.65. The maximum Gasteiger partial charge on any atom is 0.226 e. The number of nitrogens with two attached hydrogens (primary N) is 1. The Morgan fingerprint density at radius 3 is 2.69 bits per heavy atom. The molecule has 2 rings (SSSR count). The SMILES string of the molecule is CNc1nc(N)nc2cc(C)nc(OC)c12. The summed E-state index contributed by atoms with van der Waals surface area (Å²) in [5, 5.41) is 3.69. The number of fused-ring (bicyclic) bond motifs is 1. The number of pyridine rings is 1. The molecule has 0 bridgehead atoms. The number of hydrogen-bond acceptors (Lipinski definition) is 6. The van der Waals surface area contributed by atoms with Crippen LogP contribution in [0.2, 0.25) is 0 Å². The second kappa shape index (κ2) is 3.80. The summed E-state index contributed by atoms with van der Waals surface area (Å²) >= 11 is 0. The van der Waals surface area contributed by atoms with E-state index in [2.05, 4.69) is 20.3 Å². The minimum absolute atomic E-state index is 0.226. The van der Waals surface area contributed by atoms with Gasteiger partial charge in [-0.05, 0) is 13.0 Å². The Morgan fingerprint density at radius 1 is 1.31 bits per heavy atom. The van der Waals surface area contributed by atoms with Crippen molar-refractivity contribution in [3.8, 4) is 5.88 Å². The van der Waals surface area contributed by atoms with E-state index >= 15 is 0 Å². The molecular weight excluding hydrogens is 206 g/mol. The lowest BCUT2D eigenvalue weighted by atomic mass is 10.2. The molecule has 6 nitrogen and oxygen atoms in total. The highest BCUT2D eigenvalue weighted by atomic mass is 16.5. The van der Waals surface area contributed by atoms with Crippen molar-refractivity contribution in [2.24, 2.45) is 0 Å². The maximum absolute atomic E-state index is 5.62. The second-order valence-electron chi connectivity index (χ2n) is 3.35. The van der Waals surface area contributed by atoms with Crippen LogP contribution in [-0.4, -0.2) is 29.1 Å². The lowest BCUT2D eigenvalue weighted by molar-refractivity contribution is 0.402. The van der Waals surface area contributed by atoms with Crippen LogP contribution in [0.5, 0.6) is 5.88 Å². The Bertz CT molecular complexity index is 495. The highest BCUT2D eigenvalue weighted by Crippen LogP contribution is 2.29. The largest absolute Gasteiger partial charge is 0.480 e. The predicted octanol–water partition coefficient (Wildman–Crippen LogP) is 0.966. The Kier molecular flexibility index (Phi) is 2.47. The summed E-state index contributed by atoms with van der Waals surface area (Å²) in [5.74, 6) is 1.34. The van der Waals surface area contributed by atoms with Gasteiger partial charge in [-0.2, -0.15) is 4.98 Å². The van der Waals surface area contributed by atoms with Crippen LogP contribution in [0, 0.1) is 6.92 Å². The summed E-state index contributed by atoms with van der Waals surface area (Å²) in [6.45, 7) is 1.87. The molecule has 0 radical (unpaired) electrons. The van der Waals surface area contributed by atoms with Crippen LogP contribution in [0.4, 0.5) is 11.8 Å². The number of methoxy groups -OCH3 is 1. The molecule has 0 unspecified atom stereocenters.